The van der Waals surface area contributed by atoms with E-state index in [9.17, 15) is 18.0 Å². The van der Waals surface area contributed by atoms with E-state index in [0.717, 1.165) is 0 Å². The highest BCUT2D eigenvalue weighted by Gasteiger charge is 2.33. The van der Waals surface area contributed by atoms with Crippen LogP contribution in [0, 0.1) is 0 Å². The second-order valence-electron chi connectivity index (χ2n) is 5.66. The van der Waals surface area contributed by atoms with Crippen LogP contribution in [0.4, 0.5) is 0 Å². The van der Waals surface area contributed by atoms with E-state index >= 15 is 0 Å². The highest BCUT2D eigenvalue weighted by molar-refractivity contribution is 7.89. The van der Waals surface area contributed by atoms with E-state index in [1.165, 1.54) is 36.1 Å². The van der Waals surface area contributed by atoms with Gasteiger partial charge < -0.3 is 14.7 Å². The molecule has 1 aromatic rings. The fraction of sp³-hybridized carbons (Fsp3) is 0.467. The van der Waals surface area contributed by atoms with Gasteiger partial charge in [-0.2, -0.15) is 4.72 Å². The van der Waals surface area contributed by atoms with E-state index in [2.05, 4.69) is 4.72 Å². The number of carboxylic acids is 1. The van der Waals surface area contributed by atoms with Crippen molar-refractivity contribution in [2.45, 2.75) is 30.3 Å². The summed E-state index contributed by atoms with van der Waals surface area (Å²) in [7, 11) is -3.90. The van der Waals surface area contributed by atoms with Gasteiger partial charge in [-0.05, 0) is 31.2 Å². The molecule has 1 amide bonds. The fourth-order valence-corrected chi connectivity index (χ4v) is 3.85. The molecule has 1 aromatic carbocycles. The average Bonchev–Trinajstić information content (AvgIpc) is 2.54. The highest BCUT2D eigenvalue weighted by atomic mass is 35.5. The summed E-state index contributed by atoms with van der Waals surface area (Å²) in [5.74, 6) is -1.55. The van der Waals surface area contributed by atoms with Crippen LogP contribution in [0.3, 0.4) is 0 Å². The van der Waals surface area contributed by atoms with E-state index < -0.39 is 34.0 Å². The van der Waals surface area contributed by atoms with Crippen molar-refractivity contribution in [3.05, 3.63) is 29.3 Å². The summed E-state index contributed by atoms with van der Waals surface area (Å²) in [6.07, 6.45) is -0.262. The number of nitrogens with zero attached hydrogens (tertiary/aromatic N) is 1. The number of halogens is 1. The normalized spacial score (nSPS) is 19.4. The minimum Gasteiger partial charge on any atom is -0.481 e. The fourth-order valence-electron chi connectivity index (χ4n) is 2.53. The molecule has 2 N–H and O–H groups in total. The number of morpholine rings is 1. The van der Waals surface area contributed by atoms with Gasteiger partial charge in [0, 0.05) is 11.6 Å². The van der Waals surface area contributed by atoms with Crippen LogP contribution in [-0.2, 0) is 24.3 Å². The molecule has 2 rings (SSSR count). The highest BCUT2D eigenvalue weighted by Crippen LogP contribution is 2.16. The number of hydrogen-bond donors (Lipinski definition) is 2. The first kappa shape index (κ1) is 19.6. The smallest absolute Gasteiger partial charge is 0.305 e. The first-order valence-electron chi connectivity index (χ1n) is 7.58. The number of nitrogens with one attached hydrogen (secondary N) is 1. The van der Waals surface area contributed by atoms with Gasteiger partial charge in [0.05, 0.1) is 36.6 Å². The van der Waals surface area contributed by atoms with E-state index in [4.69, 9.17) is 21.4 Å². The Labute approximate surface area is 150 Å². The zero-order valence-corrected chi connectivity index (χ0v) is 15.1. The number of benzene rings is 1. The van der Waals surface area contributed by atoms with Crippen molar-refractivity contribution in [3.8, 4) is 0 Å². The average molecular weight is 391 g/mol. The van der Waals surface area contributed by atoms with Crippen LogP contribution in [-0.4, -0.2) is 62.1 Å². The maximum Gasteiger partial charge on any atom is 0.305 e. The molecular weight excluding hydrogens is 372 g/mol. The molecule has 0 bridgehead atoms. The lowest BCUT2D eigenvalue weighted by molar-refractivity contribution is -0.147. The monoisotopic (exact) mass is 390 g/mol. The van der Waals surface area contributed by atoms with Crippen LogP contribution in [0.25, 0.3) is 0 Å². The summed E-state index contributed by atoms with van der Waals surface area (Å²) in [4.78, 5) is 24.9. The molecule has 2 unspecified atom stereocenters. The van der Waals surface area contributed by atoms with Crippen molar-refractivity contribution < 1.29 is 27.9 Å². The van der Waals surface area contributed by atoms with Crippen LogP contribution in [0.15, 0.2) is 29.2 Å². The third-order valence-corrected chi connectivity index (χ3v) is 5.56. The Morgan fingerprint density at radius 1 is 1.40 bits per heavy atom. The predicted octanol–water partition coefficient (Wildman–Crippen LogP) is 0.709. The molecule has 8 nitrogen and oxygen atoms in total. The summed E-state index contributed by atoms with van der Waals surface area (Å²) in [5.41, 5.74) is 0. The SMILES string of the molecule is CC(NS(=O)(=O)c1ccc(Cl)cc1)C(=O)N1CCOCC1CC(=O)O. The molecule has 0 aliphatic carbocycles. The molecule has 1 aliphatic rings. The first-order chi connectivity index (χ1) is 11.7. The molecule has 0 saturated carbocycles. The molecule has 2 atom stereocenters. The van der Waals surface area contributed by atoms with Crippen molar-refractivity contribution in [1.82, 2.24) is 9.62 Å². The number of amides is 1. The molecule has 0 aromatic heterocycles. The number of ether oxygens (including phenoxy) is 1. The maximum absolute atomic E-state index is 12.6. The van der Waals surface area contributed by atoms with Crippen molar-refractivity contribution in [3.63, 3.8) is 0 Å². The standard InChI is InChI=1S/C15H19ClN2O6S/c1-10(17-25(22,23)13-4-2-11(16)3-5-13)15(21)18-6-7-24-9-12(18)8-14(19)20/h2-5,10,12,17H,6-9H2,1H3,(H,19,20). The van der Waals surface area contributed by atoms with Crippen molar-refractivity contribution in [2.75, 3.05) is 19.8 Å². The van der Waals surface area contributed by atoms with Crippen LogP contribution in [0.2, 0.25) is 5.02 Å². The third kappa shape index (κ3) is 5.15. The largest absolute Gasteiger partial charge is 0.481 e. The van der Waals surface area contributed by atoms with Crippen molar-refractivity contribution in [1.29, 1.82) is 0 Å². The molecule has 10 heteroatoms. The zero-order chi connectivity index (χ0) is 18.6. The molecule has 0 spiro atoms. The maximum atomic E-state index is 12.6. The van der Waals surface area contributed by atoms with Gasteiger partial charge in [0.1, 0.15) is 0 Å². The molecule has 1 aliphatic heterocycles. The second-order valence-corrected chi connectivity index (χ2v) is 7.81. The zero-order valence-electron chi connectivity index (χ0n) is 13.5. The van der Waals surface area contributed by atoms with E-state index in [0.29, 0.717) is 5.02 Å². The summed E-state index contributed by atoms with van der Waals surface area (Å²) in [6.45, 7) is 2.01. The van der Waals surface area contributed by atoms with Gasteiger partial charge in [-0.25, -0.2) is 8.42 Å². The van der Waals surface area contributed by atoms with Crippen LogP contribution in [0.5, 0.6) is 0 Å². The number of sulfonamides is 1. The van der Waals surface area contributed by atoms with Gasteiger partial charge in [0.15, 0.2) is 0 Å². The lowest BCUT2D eigenvalue weighted by atomic mass is 10.1. The Kier molecular flexibility index (Phi) is 6.39. The number of carboxylic acid groups (broad SMARTS) is 1. The van der Waals surface area contributed by atoms with Crippen molar-refractivity contribution >= 4 is 33.5 Å². The Morgan fingerprint density at radius 3 is 2.64 bits per heavy atom. The summed E-state index contributed by atoms with van der Waals surface area (Å²) < 4.78 is 32.2. The Morgan fingerprint density at radius 2 is 2.04 bits per heavy atom. The van der Waals surface area contributed by atoms with Gasteiger partial charge in [0.2, 0.25) is 15.9 Å². The van der Waals surface area contributed by atoms with Crippen LogP contribution < -0.4 is 4.72 Å². The Bertz CT molecular complexity index is 737. The summed E-state index contributed by atoms with van der Waals surface area (Å²) in [6, 6.07) is 3.88. The van der Waals surface area contributed by atoms with Crippen molar-refractivity contribution in [2.24, 2.45) is 0 Å². The number of carbonyl (C=O) groups excluding carboxylic acids is 1. The van der Waals surface area contributed by atoms with E-state index in [1.54, 1.807) is 0 Å². The number of carbonyl (C=O) groups is 2. The Balaban J connectivity index is 2.10. The van der Waals surface area contributed by atoms with Crippen LogP contribution in [0.1, 0.15) is 13.3 Å². The van der Waals surface area contributed by atoms with Gasteiger partial charge in [-0.15, -0.1) is 0 Å². The molecule has 0 radical (unpaired) electrons. The Hall–Kier alpha value is -1.68. The second kappa shape index (κ2) is 8.13. The number of hydrogen-bond acceptors (Lipinski definition) is 5. The topological polar surface area (TPSA) is 113 Å². The minimum atomic E-state index is -3.90. The third-order valence-electron chi connectivity index (χ3n) is 3.75. The lowest BCUT2D eigenvalue weighted by Crippen LogP contribution is -2.55. The van der Waals surface area contributed by atoms with Crippen LogP contribution >= 0.6 is 11.6 Å². The van der Waals surface area contributed by atoms with Gasteiger partial charge >= 0.3 is 5.97 Å². The van der Waals surface area contributed by atoms with Gasteiger partial charge in [-0.1, -0.05) is 11.6 Å². The van der Waals surface area contributed by atoms with E-state index in [1.807, 2.05) is 0 Å². The summed E-state index contributed by atoms with van der Waals surface area (Å²) >= 11 is 5.74. The summed E-state index contributed by atoms with van der Waals surface area (Å²) in [5, 5.41) is 9.34. The predicted molar refractivity (Wildman–Crippen MR) is 89.8 cm³/mol. The number of rotatable bonds is 6. The van der Waals surface area contributed by atoms with Gasteiger partial charge in [0.25, 0.3) is 0 Å². The molecule has 1 fully saturated rings. The quantitative estimate of drug-likeness (QED) is 0.739. The first-order valence-corrected chi connectivity index (χ1v) is 9.45. The molecular formula is C15H19ClN2O6S. The number of aliphatic carboxylic acids is 1. The molecule has 1 saturated heterocycles. The lowest BCUT2D eigenvalue weighted by Gasteiger charge is -2.36. The van der Waals surface area contributed by atoms with E-state index in [-0.39, 0.29) is 31.1 Å². The molecule has 25 heavy (non-hydrogen) atoms. The van der Waals surface area contributed by atoms with Gasteiger partial charge in [-0.3, -0.25) is 9.59 Å². The molecule has 1 heterocycles. The minimum absolute atomic E-state index is 0.0133. The molecule has 138 valence electrons.